The second-order valence-corrected chi connectivity index (χ2v) is 7.32. The molecule has 6 heteroatoms. The van der Waals surface area contributed by atoms with Gasteiger partial charge in [0.2, 0.25) is 17.7 Å². The third-order valence-corrected chi connectivity index (χ3v) is 4.36. The average molecular weight is 309 g/mol. The standard InChI is InChI=1S/C16H27N3O3/c1-16(2,3)19-10-12(8-15(19)22)9-17-13(20)11-18-7-5-4-6-14(18)21/h12H,4-11H2,1-3H3,(H,17,20)/t12-/m1/s1. The van der Waals surface area contributed by atoms with Crippen LogP contribution in [0, 0.1) is 5.92 Å². The maximum Gasteiger partial charge on any atom is 0.239 e. The molecule has 1 N–H and O–H groups in total. The first kappa shape index (κ1) is 16.8. The molecule has 2 saturated heterocycles. The van der Waals surface area contributed by atoms with E-state index in [-0.39, 0.29) is 35.7 Å². The number of rotatable bonds is 4. The topological polar surface area (TPSA) is 69.7 Å². The highest BCUT2D eigenvalue weighted by atomic mass is 16.2. The molecule has 0 radical (unpaired) electrons. The molecule has 1 atom stereocenters. The van der Waals surface area contributed by atoms with Gasteiger partial charge in [0.05, 0.1) is 6.54 Å². The molecule has 0 aromatic rings. The minimum atomic E-state index is -0.171. The molecule has 2 aliphatic heterocycles. The molecule has 0 aromatic carbocycles. The number of amides is 3. The summed E-state index contributed by atoms with van der Waals surface area (Å²) in [4.78, 5) is 39.1. The SMILES string of the molecule is CC(C)(C)N1C[C@@H](CNC(=O)CN2CCCCC2=O)CC1=O. The number of carbonyl (C=O) groups excluding carboxylic acids is 3. The van der Waals surface area contributed by atoms with Gasteiger partial charge in [0.15, 0.2) is 0 Å². The second-order valence-electron chi connectivity index (χ2n) is 7.32. The molecule has 2 aliphatic rings. The van der Waals surface area contributed by atoms with Crippen LogP contribution in [0.25, 0.3) is 0 Å². The van der Waals surface area contributed by atoms with Crippen molar-refractivity contribution in [2.75, 3.05) is 26.2 Å². The first-order valence-electron chi connectivity index (χ1n) is 8.12. The predicted octanol–water partition coefficient (Wildman–Crippen LogP) is 0.762. The Bertz CT molecular complexity index is 456. The molecule has 2 fully saturated rings. The third kappa shape index (κ3) is 4.21. The summed E-state index contributed by atoms with van der Waals surface area (Å²) in [5.74, 6) is 0.249. The Morgan fingerprint density at radius 1 is 1.23 bits per heavy atom. The van der Waals surface area contributed by atoms with E-state index in [2.05, 4.69) is 5.32 Å². The summed E-state index contributed by atoms with van der Waals surface area (Å²) in [5.41, 5.74) is -0.171. The minimum Gasteiger partial charge on any atom is -0.354 e. The van der Waals surface area contributed by atoms with Crippen molar-refractivity contribution in [1.29, 1.82) is 0 Å². The molecule has 22 heavy (non-hydrogen) atoms. The average Bonchev–Trinajstić information content (AvgIpc) is 2.80. The molecular formula is C16H27N3O3. The van der Waals surface area contributed by atoms with Crippen LogP contribution in [0.5, 0.6) is 0 Å². The van der Waals surface area contributed by atoms with Gasteiger partial charge >= 0.3 is 0 Å². The van der Waals surface area contributed by atoms with Gasteiger partial charge < -0.3 is 15.1 Å². The van der Waals surface area contributed by atoms with Gasteiger partial charge in [-0.3, -0.25) is 14.4 Å². The molecule has 0 aromatic heterocycles. The van der Waals surface area contributed by atoms with E-state index >= 15 is 0 Å². The molecule has 0 spiro atoms. The zero-order valence-electron chi connectivity index (χ0n) is 13.9. The number of nitrogens with one attached hydrogen (secondary N) is 1. The Kier molecular flexibility index (Phi) is 5.08. The van der Waals surface area contributed by atoms with E-state index in [1.54, 1.807) is 4.90 Å². The molecule has 2 rings (SSSR count). The number of piperidine rings is 1. The van der Waals surface area contributed by atoms with E-state index in [0.717, 1.165) is 12.8 Å². The van der Waals surface area contributed by atoms with Gasteiger partial charge in [-0.05, 0) is 33.6 Å². The zero-order valence-corrected chi connectivity index (χ0v) is 13.9. The number of hydrogen-bond acceptors (Lipinski definition) is 3. The highest BCUT2D eigenvalue weighted by molar-refractivity contribution is 5.85. The summed E-state index contributed by atoms with van der Waals surface area (Å²) in [6.07, 6.45) is 2.92. The van der Waals surface area contributed by atoms with Crippen molar-refractivity contribution >= 4 is 17.7 Å². The molecule has 124 valence electrons. The van der Waals surface area contributed by atoms with E-state index in [1.807, 2.05) is 25.7 Å². The van der Waals surface area contributed by atoms with E-state index in [0.29, 0.717) is 32.5 Å². The lowest BCUT2D eigenvalue weighted by Crippen LogP contribution is -2.45. The fourth-order valence-corrected chi connectivity index (χ4v) is 3.08. The Hall–Kier alpha value is -1.59. The maximum absolute atomic E-state index is 12.0. The molecule has 0 aliphatic carbocycles. The van der Waals surface area contributed by atoms with Crippen molar-refractivity contribution in [2.45, 2.75) is 52.0 Å². The molecule has 2 heterocycles. The highest BCUT2D eigenvalue weighted by Gasteiger charge is 2.36. The summed E-state index contributed by atoms with van der Waals surface area (Å²) in [6.45, 7) is 8.06. The smallest absolute Gasteiger partial charge is 0.239 e. The summed E-state index contributed by atoms with van der Waals surface area (Å²) < 4.78 is 0. The Morgan fingerprint density at radius 3 is 2.55 bits per heavy atom. The minimum absolute atomic E-state index is 0.0661. The van der Waals surface area contributed by atoms with Crippen molar-refractivity contribution in [3.05, 3.63) is 0 Å². The van der Waals surface area contributed by atoms with Gasteiger partial charge in [0.1, 0.15) is 0 Å². The maximum atomic E-state index is 12.0. The molecule has 0 saturated carbocycles. The molecule has 0 unspecified atom stereocenters. The second kappa shape index (κ2) is 6.67. The first-order chi connectivity index (χ1) is 10.3. The summed E-state index contributed by atoms with van der Waals surface area (Å²) in [6, 6.07) is 0. The Labute approximate surface area is 132 Å². The zero-order chi connectivity index (χ0) is 16.3. The normalized spacial score (nSPS) is 23.1. The van der Waals surface area contributed by atoms with E-state index < -0.39 is 0 Å². The Morgan fingerprint density at radius 2 is 1.95 bits per heavy atom. The highest BCUT2D eigenvalue weighted by Crippen LogP contribution is 2.25. The molecule has 0 bridgehead atoms. The number of carbonyl (C=O) groups is 3. The predicted molar refractivity (Wildman–Crippen MR) is 83.0 cm³/mol. The molecule has 6 nitrogen and oxygen atoms in total. The summed E-state index contributed by atoms with van der Waals surface area (Å²) in [7, 11) is 0. The van der Waals surface area contributed by atoms with Crippen molar-refractivity contribution in [3.8, 4) is 0 Å². The van der Waals surface area contributed by atoms with Crippen LogP contribution in [0.3, 0.4) is 0 Å². The van der Waals surface area contributed by atoms with Crippen molar-refractivity contribution in [3.63, 3.8) is 0 Å². The van der Waals surface area contributed by atoms with E-state index in [1.165, 1.54) is 0 Å². The van der Waals surface area contributed by atoms with Gasteiger partial charge in [-0.2, -0.15) is 0 Å². The summed E-state index contributed by atoms with van der Waals surface area (Å²) in [5, 5.41) is 2.87. The largest absolute Gasteiger partial charge is 0.354 e. The number of nitrogens with zero attached hydrogens (tertiary/aromatic N) is 2. The molecular weight excluding hydrogens is 282 g/mol. The fraction of sp³-hybridized carbons (Fsp3) is 0.812. The van der Waals surface area contributed by atoms with Crippen molar-refractivity contribution < 1.29 is 14.4 Å². The lowest BCUT2D eigenvalue weighted by molar-refractivity contribution is -0.137. The van der Waals surface area contributed by atoms with Crippen LogP contribution >= 0.6 is 0 Å². The van der Waals surface area contributed by atoms with Crippen LogP contribution in [0.15, 0.2) is 0 Å². The van der Waals surface area contributed by atoms with Gasteiger partial charge in [-0.1, -0.05) is 0 Å². The van der Waals surface area contributed by atoms with Crippen LogP contribution < -0.4 is 5.32 Å². The van der Waals surface area contributed by atoms with Crippen LogP contribution in [-0.4, -0.2) is 59.2 Å². The van der Waals surface area contributed by atoms with Crippen molar-refractivity contribution in [1.82, 2.24) is 15.1 Å². The monoisotopic (exact) mass is 309 g/mol. The van der Waals surface area contributed by atoms with Gasteiger partial charge in [0.25, 0.3) is 0 Å². The van der Waals surface area contributed by atoms with Crippen LogP contribution in [0.1, 0.15) is 46.5 Å². The number of hydrogen-bond donors (Lipinski definition) is 1. The van der Waals surface area contributed by atoms with E-state index in [9.17, 15) is 14.4 Å². The van der Waals surface area contributed by atoms with Gasteiger partial charge in [-0.25, -0.2) is 0 Å². The lowest BCUT2D eigenvalue weighted by atomic mass is 10.1. The Balaban J connectivity index is 1.75. The summed E-state index contributed by atoms with van der Waals surface area (Å²) >= 11 is 0. The van der Waals surface area contributed by atoms with Crippen LogP contribution in [0.2, 0.25) is 0 Å². The van der Waals surface area contributed by atoms with Crippen LogP contribution in [-0.2, 0) is 14.4 Å². The van der Waals surface area contributed by atoms with E-state index in [4.69, 9.17) is 0 Å². The van der Waals surface area contributed by atoms with Gasteiger partial charge in [-0.15, -0.1) is 0 Å². The number of likely N-dealkylation sites (tertiary alicyclic amines) is 2. The third-order valence-electron chi connectivity index (χ3n) is 4.36. The van der Waals surface area contributed by atoms with Crippen molar-refractivity contribution in [2.24, 2.45) is 5.92 Å². The van der Waals surface area contributed by atoms with Crippen LogP contribution in [0.4, 0.5) is 0 Å². The fourth-order valence-electron chi connectivity index (χ4n) is 3.08. The van der Waals surface area contributed by atoms with Gasteiger partial charge in [0, 0.05) is 43.9 Å². The quantitative estimate of drug-likeness (QED) is 0.833. The first-order valence-corrected chi connectivity index (χ1v) is 8.12. The lowest BCUT2D eigenvalue weighted by Gasteiger charge is -2.32. The molecule has 3 amide bonds.